The molecule has 0 bridgehead atoms. The van der Waals surface area contributed by atoms with Gasteiger partial charge in [0.15, 0.2) is 5.82 Å². The Kier molecular flexibility index (Phi) is 3.19. The summed E-state index contributed by atoms with van der Waals surface area (Å²) >= 11 is 0. The standard InChI is InChI=1S/C12H21N3O/c1-9(2)11-10(3)12(13-14(11)4)15-5-7-16-8-6-15/h9H,5-8H2,1-4H3. The van der Waals surface area contributed by atoms with Gasteiger partial charge in [0.05, 0.1) is 13.2 Å². The molecule has 0 aromatic carbocycles. The summed E-state index contributed by atoms with van der Waals surface area (Å²) in [6.07, 6.45) is 0. The number of hydrogen-bond donors (Lipinski definition) is 0. The Labute approximate surface area is 97.2 Å². The molecule has 1 aliphatic heterocycles. The summed E-state index contributed by atoms with van der Waals surface area (Å²) in [5, 5.41) is 4.64. The Morgan fingerprint density at radius 1 is 1.25 bits per heavy atom. The van der Waals surface area contributed by atoms with Crippen molar-refractivity contribution in [3.8, 4) is 0 Å². The van der Waals surface area contributed by atoms with Crippen molar-refractivity contribution in [1.82, 2.24) is 9.78 Å². The van der Waals surface area contributed by atoms with Crippen molar-refractivity contribution < 1.29 is 4.74 Å². The van der Waals surface area contributed by atoms with E-state index in [2.05, 4.69) is 30.8 Å². The van der Waals surface area contributed by atoms with Gasteiger partial charge in [-0.3, -0.25) is 4.68 Å². The van der Waals surface area contributed by atoms with Crippen LogP contribution >= 0.6 is 0 Å². The van der Waals surface area contributed by atoms with Gasteiger partial charge in [-0.05, 0) is 12.8 Å². The monoisotopic (exact) mass is 223 g/mol. The maximum absolute atomic E-state index is 5.37. The van der Waals surface area contributed by atoms with E-state index < -0.39 is 0 Å². The van der Waals surface area contributed by atoms with E-state index >= 15 is 0 Å². The van der Waals surface area contributed by atoms with Crippen LogP contribution in [0.2, 0.25) is 0 Å². The van der Waals surface area contributed by atoms with Gasteiger partial charge in [0.2, 0.25) is 0 Å². The molecule has 0 N–H and O–H groups in total. The van der Waals surface area contributed by atoms with Crippen molar-refractivity contribution >= 4 is 5.82 Å². The number of morpholine rings is 1. The van der Waals surface area contributed by atoms with Crippen LogP contribution in [0.3, 0.4) is 0 Å². The SMILES string of the molecule is Cc1c(N2CCOCC2)nn(C)c1C(C)C. The fourth-order valence-corrected chi connectivity index (χ4v) is 2.51. The molecule has 0 atom stereocenters. The van der Waals surface area contributed by atoms with E-state index in [-0.39, 0.29) is 0 Å². The zero-order valence-corrected chi connectivity index (χ0v) is 10.7. The van der Waals surface area contributed by atoms with Gasteiger partial charge in [-0.15, -0.1) is 0 Å². The molecule has 1 saturated heterocycles. The van der Waals surface area contributed by atoms with Crippen LogP contribution in [0, 0.1) is 6.92 Å². The van der Waals surface area contributed by atoms with E-state index in [0.717, 1.165) is 32.1 Å². The fraction of sp³-hybridized carbons (Fsp3) is 0.750. The molecule has 1 fully saturated rings. The highest BCUT2D eigenvalue weighted by Gasteiger charge is 2.21. The molecule has 0 aliphatic carbocycles. The number of anilines is 1. The van der Waals surface area contributed by atoms with Gasteiger partial charge in [0.25, 0.3) is 0 Å². The van der Waals surface area contributed by atoms with Crippen LogP contribution in [-0.4, -0.2) is 36.1 Å². The van der Waals surface area contributed by atoms with Crippen molar-refractivity contribution in [3.05, 3.63) is 11.3 Å². The Bertz CT molecular complexity index is 365. The highest BCUT2D eigenvalue weighted by Crippen LogP contribution is 2.27. The van der Waals surface area contributed by atoms with Crippen LogP contribution in [0.25, 0.3) is 0 Å². The largest absolute Gasteiger partial charge is 0.378 e. The van der Waals surface area contributed by atoms with Crippen LogP contribution in [0.15, 0.2) is 0 Å². The number of aryl methyl sites for hydroxylation is 1. The van der Waals surface area contributed by atoms with E-state index in [1.165, 1.54) is 11.3 Å². The summed E-state index contributed by atoms with van der Waals surface area (Å²) in [6.45, 7) is 10.1. The second-order valence-corrected chi connectivity index (χ2v) is 4.71. The third kappa shape index (κ3) is 1.94. The van der Waals surface area contributed by atoms with Crippen molar-refractivity contribution in [2.75, 3.05) is 31.2 Å². The average molecular weight is 223 g/mol. The Balaban J connectivity index is 2.30. The van der Waals surface area contributed by atoms with Crippen molar-refractivity contribution in [2.24, 2.45) is 7.05 Å². The molecule has 1 aromatic heterocycles. The van der Waals surface area contributed by atoms with Gasteiger partial charge in [0.1, 0.15) is 0 Å². The molecule has 0 amide bonds. The number of aromatic nitrogens is 2. The average Bonchev–Trinajstić information content (AvgIpc) is 2.55. The van der Waals surface area contributed by atoms with Crippen LogP contribution < -0.4 is 4.90 Å². The highest BCUT2D eigenvalue weighted by molar-refractivity contribution is 5.49. The fourth-order valence-electron chi connectivity index (χ4n) is 2.51. The smallest absolute Gasteiger partial charge is 0.153 e. The summed E-state index contributed by atoms with van der Waals surface area (Å²) in [4.78, 5) is 2.32. The minimum absolute atomic E-state index is 0.521. The molecular weight excluding hydrogens is 202 g/mol. The molecule has 0 unspecified atom stereocenters. The Morgan fingerprint density at radius 2 is 1.88 bits per heavy atom. The number of rotatable bonds is 2. The van der Waals surface area contributed by atoms with Gasteiger partial charge in [0, 0.05) is 31.4 Å². The predicted octanol–water partition coefficient (Wildman–Crippen LogP) is 1.69. The molecule has 2 rings (SSSR count). The highest BCUT2D eigenvalue weighted by atomic mass is 16.5. The van der Waals surface area contributed by atoms with Gasteiger partial charge in [-0.1, -0.05) is 13.8 Å². The van der Waals surface area contributed by atoms with Crippen molar-refractivity contribution in [1.29, 1.82) is 0 Å². The molecule has 16 heavy (non-hydrogen) atoms. The summed E-state index contributed by atoms with van der Waals surface area (Å²) in [7, 11) is 2.03. The predicted molar refractivity (Wildman–Crippen MR) is 65.1 cm³/mol. The molecule has 90 valence electrons. The second kappa shape index (κ2) is 4.45. The summed E-state index contributed by atoms with van der Waals surface area (Å²) < 4.78 is 7.39. The first kappa shape index (κ1) is 11.5. The number of hydrogen-bond acceptors (Lipinski definition) is 3. The minimum Gasteiger partial charge on any atom is -0.378 e. The van der Waals surface area contributed by atoms with E-state index in [0.29, 0.717) is 5.92 Å². The molecule has 4 nitrogen and oxygen atoms in total. The van der Waals surface area contributed by atoms with E-state index in [1.807, 2.05) is 11.7 Å². The van der Waals surface area contributed by atoms with Crippen molar-refractivity contribution in [3.63, 3.8) is 0 Å². The van der Waals surface area contributed by atoms with Gasteiger partial charge >= 0.3 is 0 Å². The number of nitrogens with zero attached hydrogens (tertiary/aromatic N) is 3. The normalized spacial score (nSPS) is 17.2. The molecular formula is C12H21N3O. The quantitative estimate of drug-likeness (QED) is 0.764. The maximum atomic E-state index is 5.37. The van der Waals surface area contributed by atoms with E-state index in [4.69, 9.17) is 4.74 Å². The topological polar surface area (TPSA) is 30.3 Å². The third-order valence-electron chi connectivity index (χ3n) is 3.17. The minimum atomic E-state index is 0.521. The first-order valence-electron chi connectivity index (χ1n) is 5.97. The first-order valence-corrected chi connectivity index (χ1v) is 5.97. The van der Waals surface area contributed by atoms with Crippen LogP contribution in [-0.2, 0) is 11.8 Å². The molecule has 0 saturated carbocycles. The Morgan fingerprint density at radius 3 is 2.38 bits per heavy atom. The van der Waals surface area contributed by atoms with E-state index in [1.54, 1.807) is 0 Å². The number of ether oxygens (including phenoxy) is 1. The lowest BCUT2D eigenvalue weighted by molar-refractivity contribution is 0.122. The van der Waals surface area contributed by atoms with Gasteiger partial charge in [-0.2, -0.15) is 5.10 Å². The lowest BCUT2D eigenvalue weighted by Crippen LogP contribution is -2.36. The zero-order valence-electron chi connectivity index (χ0n) is 10.7. The third-order valence-corrected chi connectivity index (χ3v) is 3.17. The summed E-state index contributed by atoms with van der Waals surface area (Å²) in [6, 6.07) is 0. The zero-order chi connectivity index (χ0) is 11.7. The molecule has 2 heterocycles. The molecule has 4 heteroatoms. The van der Waals surface area contributed by atoms with Crippen LogP contribution in [0.4, 0.5) is 5.82 Å². The van der Waals surface area contributed by atoms with Gasteiger partial charge < -0.3 is 9.64 Å². The summed E-state index contributed by atoms with van der Waals surface area (Å²) in [5.41, 5.74) is 2.65. The maximum Gasteiger partial charge on any atom is 0.153 e. The molecule has 1 aliphatic rings. The lowest BCUT2D eigenvalue weighted by atomic mass is 10.1. The van der Waals surface area contributed by atoms with Crippen LogP contribution in [0.1, 0.15) is 31.0 Å². The summed E-state index contributed by atoms with van der Waals surface area (Å²) in [5.74, 6) is 1.65. The van der Waals surface area contributed by atoms with Crippen LogP contribution in [0.5, 0.6) is 0 Å². The van der Waals surface area contributed by atoms with Crippen molar-refractivity contribution in [2.45, 2.75) is 26.7 Å². The molecule has 0 radical (unpaired) electrons. The second-order valence-electron chi connectivity index (χ2n) is 4.71. The molecule has 1 aromatic rings. The lowest BCUT2D eigenvalue weighted by Gasteiger charge is -2.27. The Hall–Kier alpha value is -1.03. The van der Waals surface area contributed by atoms with Gasteiger partial charge in [-0.25, -0.2) is 0 Å². The first-order chi connectivity index (χ1) is 7.61. The van der Waals surface area contributed by atoms with E-state index in [9.17, 15) is 0 Å². The molecule has 0 spiro atoms.